The van der Waals surface area contributed by atoms with E-state index in [4.69, 9.17) is 17.3 Å². The number of hydrogen-bond acceptors (Lipinski definition) is 4. The maximum absolute atomic E-state index is 13.2. The van der Waals surface area contributed by atoms with Crippen molar-refractivity contribution in [3.63, 3.8) is 0 Å². The molecule has 2 aromatic rings. The lowest BCUT2D eigenvalue weighted by Crippen LogP contribution is -2.13. The maximum Gasteiger partial charge on any atom is 0.142 e. The van der Waals surface area contributed by atoms with Gasteiger partial charge in [0, 0.05) is 0 Å². The third-order valence-corrected chi connectivity index (χ3v) is 3.00. The van der Waals surface area contributed by atoms with Gasteiger partial charge in [0.05, 0.1) is 34.7 Å². The third kappa shape index (κ3) is 2.55. The number of halogens is 2. The molecule has 0 bridgehead atoms. The van der Waals surface area contributed by atoms with E-state index in [0.29, 0.717) is 6.42 Å². The lowest BCUT2D eigenvalue weighted by atomic mass is 10.0. The first kappa shape index (κ1) is 11.4. The summed E-state index contributed by atoms with van der Waals surface area (Å²) in [6, 6.07) is 4.41. The quantitative estimate of drug-likeness (QED) is 0.920. The van der Waals surface area contributed by atoms with Gasteiger partial charge in [-0.3, -0.25) is 0 Å². The highest BCUT2D eigenvalue weighted by atomic mass is 35.5. The summed E-state index contributed by atoms with van der Waals surface area (Å²) in [7, 11) is 0. The van der Waals surface area contributed by atoms with E-state index in [9.17, 15) is 4.39 Å². The van der Waals surface area contributed by atoms with Gasteiger partial charge in [-0.1, -0.05) is 17.7 Å². The van der Waals surface area contributed by atoms with Crippen molar-refractivity contribution < 1.29 is 4.39 Å². The molecule has 0 saturated carbocycles. The minimum absolute atomic E-state index is 0.118. The zero-order valence-corrected chi connectivity index (χ0v) is 9.80. The summed E-state index contributed by atoms with van der Waals surface area (Å²) in [5, 5.41) is 0.118. The third-order valence-electron chi connectivity index (χ3n) is 2.20. The van der Waals surface area contributed by atoms with Crippen molar-refractivity contribution in [2.75, 3.05) is 0 Å². The van der Waals surface area contributed by atoms with E-state index in [1.165, 1.54) is 12.1 Å². The Morgan fingerprint density at radius 1 is 1.50 bits per heavy atom. The predicted molar refractivity (Wildman–Crippen MR) is 62.0 cm³/mol. The molecule has 1 aromatic carbocycles. The van der Waals surface area contributed by atoms with Gasteiger partial charge in [0.1, 0.15) is 5.82 Å². The van der Waals surface area contributed by atoms with Crippen LogP contribution in [0.15, 0.2) is 24.4 Å². The Labute approximate surface area is 101 Å². The molecule has 1 heterocycles. The van der Waals surface area contributed by atoms with Gasteiger partial charge < -0.3 is 5.73 Å². The Morgan fingerprint density at radius 2 is 2.31 bits per heavy atom. The Hall–Kier alpha value is -1.04. The van der Waals surface area contributed by atoms with E-state index >= 15 is 0 Å². The van der Waals surface area contributed by atoms with Crippen LogP contribution in [-0.4, -0.2) is 8.75 Å². The highest BCUT2D eigenvalue weighted by Gasteiger charge is 2.11. The van der Waals surface area contributed by atoms with Gasteiger partial charge in [-0.05, 0) is 24.1 Å². The van der Waals surface area contributed by atoms with Crippen LogP contribution in [0.4, 0.5) is 4.39 Å². The van der Waals surface area contributed by atoms with Crippen LogP contribution < -0.4 is 5.73 Å². The van der Waals surface area contributed by atoms with Gasteiger partial charge in [0.25, 0.3) is 0 Å². The Morgan fingerprint density at radius 3 is 2.94 bits per heavy atom. The molecule has 1 unspecified atom stereocenters. The lowest BCUT2D eigenvalue weighted by molar-refractivity contribution is 0.621. The molecule has 6 heteroatoms. The lowest BCUT2D eigenvalue weighted by Gasteiger charge is -2.08. The number of nitrogens with zero attached hydrogens (tertiary/aromatic N) is 2. The molecule has 1 aromatic heterocycles. The van der Waals surface area contributed by atoms with Crippen molar-refractivity contribution in [2.24, 2.45) is 5.73 Å². The fraction of sp³-hybridized carbons (Fsp3) is 0.200. The topological polar surface area (TPSA) is 51.8 Å². The molecule has 0 aliphatic carbocycles. The van der Waals surface area contributed by atoms with Crippen LogP contribution in [0.5, 0.6) is 0 Å². The zero-order valence-electron chi connectivity index (χ0n) is 8.23. The number of aromatic nitrogens is 2. The largest absolute Gasteiger partial charge is 0.322 e. The smallest absolute Gasteiger partial charge is 0.142 e. The number of hydrogen-bond donors (Lipinski definition) is 1. The summed E-state index contributed by atoms with van der Waals surface area (Å²) in [5.41, 5.74) is 7.42. The van der Waals surface area contributed by atoms with Gasteiger partial charge in [0.15, 0.2) is 0 Å². The summed E-state index contributed by atoms with van der Waals surface area (Å²) in [5.74, 6) is -0.428. The molecule has 0 aliphatic rings. The van der Waals surface area contributed by atoms with Crippen molar-refractivity contribution in [3.05, 3.63) is 46.5 Å². The van der Waals surface area contributed by atoms with Crippen molar-refractivity contribution in [1.29, 1.82) is 0 Å². The summed E-state index contributed by atoms with van der Waals surface area (Å²) in [6.07, 6.45) is 2.14. The Balaban J connectivity index is 2.12. The fourth-order valence-corrected chi connectivity index (χ4v) is 1.96. The number of nitrogens with two attached hydrogens (primary N) is 1. The van der Waals surface area contributed by atoms with Gasteiger partial charge >= 0.3 is 0 Å². The second kappa shape index (κ2) is 4.86. The molecular weight excluding hydrogens is 249 g/mol. The first-order valence-electron chi connectivity index (χ1n) is 4.64. The van der Waals surface area contributed by atoms with Crippen LogP contribution in [0.25, 0.3) is 0 Å². The van der Waals surface area contributed by atoms with Crippen LogP contribution in [-0.2, 0) is 6.42 Å². The first-order chi connectivity index (χ1) is 7.66. The molecule has 84 valence electrons. The molecular formula is C10H9ClFN3S. The summed E-state index contributed by atoms with van der Waals surface area (Å²) in [6.45, 7) is 0. The van der Waals surface area contributed by atoms with Crippen LogP contribution in [0.3, 0.4) is 0 Å². The molecule has 16 heavy (non-hydrogen) atoms. The average Bonchev–Trinajstić information content (AvgIpc) is 2.77. The highest BCUT2D eigenvalue weighted by Crippen LogP contribution is 2.19. The maximum atomic E-state index is 13.2. The van der Waals surface area contributed by atoms with E-state index in [2.05, 4.69) is 8.75 Å². The predicted octanol–water partition coefficient (Wildman–Crippen LogP) is 2.57. The van der Waals surface area contributed by atoms with Crippen molar-refractivity contribution in [3.8, 4) is 0 Å². The molecule has 0 amide bonds. The Kier molecular flexibility index (Phi) is 3.48. The van der Waals surface area contributed by atoms with E-state index in [1.54, 1.807) is 12.3 Å². The summed E-state index contributed by atoms with van der Waals surface area (Å²) in [4.78, 5) is 0. The molecule has 0 radical (unpaired) electrons. The molecule has 1 atom stereocenters. The van der Waals surface area contributed by atoms with Gasteiger partial charge in [-0.2, -0.15) is 8.75 Å². The molecule has 0 saturated heterocycles. The van der Waals surface area contributed by atoms with Crippen LogP contribution >= 0.6 is 23.3 Å². The number of rotatable bonds is 3. The molecule has 0 fully saturated rings. The molecule has 2 N–H and O–H groups in total. The first-order valence-corrected chi connectivity index (χ1v) is 5.74. The van der Waals surface area contributed by atoms with Crippen LogP contribution in [0.1, 0.15) is 17.3 Å². The van der Waals surface area contributed by atoms with Crippen molar-refractivity contribution >= 4 is 23.3 Å². The molecule has 0 aliphatic heterocycles. The van der Waals surface area contributed by atoms with E-state index in [1.807, 2.05) is 0 Å². The van der Waals surface area contributed by atoms with Crippen molar-refractivity contribution in [1.82, 2.24) is 8.75 Å². The normalized spacial score (nSPS) is 12.7. The molecule has 2 rings (SSSR count). The summed E-state index contributed by atoms with van der Waals surface area (Å²) >= 11 is 6.70. The van der Waals surface area contributed by atoms with Gasteiger partial charge in [0.2, 0.25) is 0 Å². The fourth-order valence-electron chi connectivity index (χ4n) is 1.36. The second-order valence-corrected chi connectivity index (χ2v) is 4.36. The van der Waals surface area contributed by atoms with E-state index in [-0.39, 0.29) is 11.1 Å². The zero-order chi connectivity index (χ0) is 11.5. The minimum atomic E-state index is -0.428. The van der Waals surface area contributed by atoms with E-state index < -0.39 is 5.82 Å². The van der Waals surface area contributed by atoms with Gasteiger partial charge in [-0.25, -0.2) is 4.39 Å². The second-order valence-electron chi connectivity index (χ2n) is 3.39. The molecule has 3 nitrogen and oxygen atoms in total. The van der Waals surface area contributed by atoms with E-state index in [0.717, 1.165) is 23.0 Å². The standard InChI is InChI=1S/C10H9ClFN3S/c11-7-2-1-6(3-8(7)12)4-9(13)10-5-14-16-15-10/h1-3,5,9H,4,13H2. The van der Waals surface area contributed by atoms with Gasteiger partial charge in [-0.15, -0.1) is 0 Å². The molecule has 0 spiro atoms. The Bertz CT molecular complexity index is 475. The highest BCUT2D eigenvalue weighted by molar-refractivity contribution is 6.99. The monoisotopic (exact) mass is 257 g/mol. The summed E-state index contributed by atoms with van der Waals surface area (Å²) < 4.78 is 21.1. The van der Waals surface area contributed by atoms with Crippen molar-refractivity contribution in [2.45, 2.75) is 12.5 Å². The number of benzene rings is 1. The van der Waals surface area contributed by atoms with Crippen LogP contribution in [0.2, 0.25) is 5.02 Å². The van der Waals surface area contributed by atoms with Crippen LogP contribution in [0, 0.1) is 5.82 Å². The minimum Gasteiger partial charge on any atom is -0.322 e. The SMILES string of the molecule is NC(Cc1ccc(Cl)c(F)c1)c1cnsn1. The average molecular weight is 258 g/mol.